The molecule has 0 saturated heterocycles. The van der Waals surface area contributed by atoms with Crippen molar-refractivity contribution in [3.8, 4) is 22.6 Å². The standard InChI is InChI=1S/C19H12ClN7S/c20-17-5-14-15(8-21-17)27-18(26-14)11-2-1-3-13(4-11)25-19-22-6-12(7-23-19)16-9-28-10-24-16/h1-10H,(H,26,27)(H,22,23,25). The summed E-state index contributed by atoms with van der Waals surface area (Å²) < 4.78 is 0. The molecule has 0 atom stereocenters. The lowest BCUT2D eigenvalue weighted by Gasteiger charge is -2.06. The fourth-order valence-corrected chi connectivity index (χ4v) is 3.49. The van der Waals surface area contributed by atoms with Crippen molar-refractivity contribution in [3.05, 3.63) is 65.0 Å². The van der Waals surface area contributed by atoms with Gasteiger partial charge in [0.1, 0.15) is 11.0 Å². The summed E-state index contributed by atoms with van der Waals surface area (Å²) in [6.07, 6.45) is 5.18. The van der Waals surface area contributed by atoms with Crippen LogP contribution in [0.25, 0.3) is 33.7 Å². The molecule has 0 saturated carbocycles. The Hall–Kier alpha value is -3.36. The number of H-pyrrole nitrogens is 1. The Bertz CT molecular complexity index is 1250. The minimum Gasteiger partial charge on any atom is -0.337 e. The number of halogens is 1. The van der Waals surface area contributed by atoms with Crippen LogP contribution in [0.4, 0.5) is 11.6 Å². The van der Waals surface area contributed by atoms with Crippen LogP contribution in [-0.4, -0.2) is 29.9 Å². The van der Waals surface area contributed by atoms with Crippen LogP contribution in [0.3, 0.4) is 0 Å². The zero-order valence-electron chi connectivity index (χ0n) is 14.3. The molecule has 4 aromatic heterocycles. The molecule has 0 aliphatic carbocycles. The normalized spacial score (nSPS) is 11.0. The van der Waals surface area contributed by atoms with Gasteiger partial charge in [-0.25, -0.2) is 24.9 Å². The van der Waals surface area contributed by atoms with E-state index in [1.807, 2.05) is 29.6 Å². The highest BCUT2D eigenvalue weighted by Gasteiger charge is 2.08. The van der Waals surface area contributed by atoms with Gasteiger partial charge in [-0.3, -0.25) is 0 Å². The van der Waals surface area contributed by atoms with Gasteiger partial charge in [-0.05, 0) is 12.1 Å². The summed E-state index contributed by atoms with van der Waals surface area (Å²) in [6.45, 7) is 0. The first-order valence-corrected chi connectivity index (χ1v) is 9.66. The molecule has 0 fully saturated rings. The average molecular weight is 406 g/mol. The Morgan fingerprint density at radius 2 is 1.86 bits per heavy atom. The van der Waals surface area contributed by atoms with Gasteiger partial charge in [-0.2, -0.15) is 0 Å². The Balaban J connectivity index is 1.40. The van der Waals surface area contributed by atoms with E-state index in [4.69, 9.17) is 11.6 Å². The molecule has 0 unspecified atom stereocenters. The molecule has 2 N–H and O–H groups in total. The number of aromatic amines is 1. The van der Waals surface area contributed by atoms with Gasteiger partial charge in [0.15, 0.2) is 0 Å². The SMILES string of the molecule is Clc1cc2nc(-c3cccc(Nc4ncc(-c5cscn5)cn4)c3)[nH]c2cn1. The van der Waals surface area contributed by atoms with Crippen molar-refractivity contribution < 1.29 is 0 Å². The molecular formula is C19H12ClN7S. The summed E-state index contributed by atoms with van der Waals surface area (Å²) in [6, 6.07) is 9.58. The highest BCUT2D eigenvalue weighted by atomic mass is 35.5. The number of anilines is 2. The molecule has 0 aliphatic rings. The van der Waals surface area contributed by atoms with E-state index >= 15 is 0 Å². The molecule has 5 aromatic rings. The van der Waals surface area contributed by atoms with E-state index in [9.17, 15) is 0 Å². The molecule has 136 valence electrons. The number of imidazole rings is 1. The van der Waals surface area contributed by atoms with E-state index in [0.29, 0.717) is 11.1 Å². The van der Waals surface area contributed by atoms with Gasteiger partial charge < -0.3 is 10.3 Å². The van der Waals surface area contributed by atoms with E-state index in [-0.39, 0.29) is 0 Å². The van der Waals surface area contributed by atoms with Crippen molar-refractivity contribution >= 4 is 45.6 Å². The maximum Gasteiger partial charge on any atom is 0.227 e. The largest absolute Gasteiger partial charge is 0.337 e. The van der Waals surface area contributed by atoms with Gasteiger partial charge in [0, 0.05) is 40.7 Å². The van der Waals surface area contributed by atoms with Gasteiger partial charge >= 0.3 is 0 Å². The number of thiazole rings is 1. The zero-order valence-corrected chi connectivity index (χ0v) is 15.9. The highest BCUT2D eigenvalue weighted by molar-refractivity contribution is 7.07. The third kappa shape index (κ3) is 3.30. The van der Waals surface area contributed by atoms with Gasteiger partial charge in [-0.1, -0.05) is 23.7 Å². The number of pyridine rings is 1. The first-order chi connectivity index (χ1) is 13.7. The molecule has 28 heavy (non-hydrogen) atoms. The summed E-state index contributed by atoms with van der Waals surface area (Å²) >= 11 is 7.48. The zero-order chi connectivity index (χ0) is 18.9. The number of rotatable bonds is 4. The molecule has 1 aromatic carbocycles. The Morgan fingerprint density at radius 1 is 0.964 bits per heavy atom. The molecular weight excluding hydrogens is 394 g/mol. The van der Waals surface area contributed by atoms with Crippen LogP contribution < -0.4 is 5.32 Å². The summed E-state index contributed by atoms with van der Waals surface area (Å²) in [5.74, 6) is 1.25. The van der Waals surface area contributed by atoms with Crippen LogP contribution in [0.5, 0.6) is 0 Å². The molecule has 0 bridgehead atoms. The van der Waals surface area contributed by atoms with E-state index in [1.165, 1.54) is 0 Å². The van der Waals surface area contributed by atoms with Crippen LogP contribution in [0.2, 0.25) is 5.15 Å². The van der Waals surface area contributed by atoms with Crippen molar-refractivity contribution in [2.24, 2.45) is 0 Å². The van der Waals surface area contributed by atoms with Crippen molar-refractivity contribution in [1.29, 1.82) is 0 Å². The first kappa shape index (κ1) is 16.8. The van der Waals surface area contributed by atoms with Crippen molar-refractivity contribution in [1.82, 2.24) is 29.9 Å². The fraction of sp³-hybridized carbons (Fsp3) is 0. The monoisotopic (exact) mass is 405 g/mol. The van der Waals surface area contributed by atoms with Crippen LogP contribution >= 0.6 is 22.9 Å². The first-order valence-electron chi connectivity index (χ1n) is 8.34. The Kier molecular flexibility index (Phi) is 4.19. The fourth-order valence-electron chi connectivity index (χ4n) is 2.77. The molecule has 0 spiro atoms. The number of nitrogens with zero attached hydrogens (tertiary/aromatic N) is 5. The second kappa shape index (κ2) is 6.99. The van der Waals surface area contributed by atoms with Gasteiger partial charge in [0.05, 0.1) is 28.4 Å². The highest BCUT2D eigenvalue weighted by Crippen LogP contribution is 2.25. The summed E-state index contributed by atoms with van der Waals surface area (Å²) in [4.78, 5) is 24.9. The smallest absolute Gasteiger partial charge is 0.227 e. The van der Waals surface area contributed by atoms with Crippen molar-refractivity contribution in [3.63, 3.8) is 0 Å². The van der Waals surface area contributed by atoms with Gasteiger partial charge in [0.25, 0.3) is 0 Å². The molecule has 0 radical (unpaired) electrons. The number of hydrogen-bond donors (Lipinski definition) is 2. The summed E-state index contributed by atoms with van der Waals surface area (Å²) in [7, 11) is 0. The molecule has 0 amide bonds. The van der Waals surface area contributed by atoms with Gasteiger partial charge in [-0.15, -0.1) is 11.3 Å². The van der Waals surface area contributed by atoms with E-state index < -0.39 is 0 Å². The molecule has 4 heterocycles. The van der Waals surface area contributed by atoms with Crippen LogP contribution in [-0.2, 0) is 0 Å². The number of benzene rings is 1. The topological polar surface area (TPSA) is 92.3 Å². The maximum absolute atomic E-state index is 5.94. The lowest BCUT2D eigenvalue weighted by Crippen LogP contribution is -1.97. The second-order valence-corrected chi connectivity index (χ2v) is 7.09. The molecule has 5 rings (SSSR count). The molecule has 9 heteroatoms. The quantitative estimate of drug-likeness (QED) is 0.411. The molecule has 7 nitrogen and oxygen atoms in total. The lowest BCUT2D eigenvalue weighted by atomic mass is 10.2. The Labute approximate surface area is 168 Å². The third-order valence-electron chi connectivity index (χ3n) is 4.11. The predicted molar refractivity (Wildman–Crippen MR) is 111 cm³/mol. The number of aromatic nitrogens is 6. The Morgan fingerprint density at radius 3 is 2.68 bits per heavy atom. The van der Waals surface area contributed by atoms with E-state index in [2.05, 4.69) is 35.2 Å². The van der Waals surface area contributed by atoms with Crippen molar-refractivity contribution in [2.75, 3.05) is 5.32 Å². The van der Waals surface area contributed by atoms with E-state index in [0.717, 1.165) is 39.4 Å². The van der Waals surface area contributed by atoms with Crippen molar-refractivity contribution in [2.45, 2.75) is 0 Å². The summed E-state index contributed by atoms with van der Waals surface area (Å²) in [5, 5.41) is 5.59. The minimum atomic E-state index is 0.416. The minimum absolute atomic E-state index is 0.416. The molecule has 0 aliphatic heterocycles. The summed E-state index contributed by atoms with van der Waals surface area (Å²) in [5.41, 5.74) is 6.93. The van der Waals surface area contributed by atoms with Gasteiger partial charge in [0.2, 0.25) is 5.95 Å². The van der Waals surface area contributed by atoms with Crippen LogP contribution in [0, 0.1) is 0 Å². The number of hydrogen-bond acceptors (Lipinski definition) is 7. The average Bonchev–Trinajstić information content (AvgIpc) is 3.38. The van der Waals surface area contributed by atoms with E-state index in [1.54, 1.807) is 41.5 Å². The predicted octanol–water partition coefficient (Wildman–Crippen LogP) is 4.94. The lowest BCUT2D eigenvalue weighted by molar-refractivity contribution is 1.16. The van der Waals surface area contributed by atoms with Crippen LogP contribution in [0.1, 0.15) is 0 Å². The van der Waals surface area contributed by atoms with Crippen LogP contribution in [0.15, 0.2) is 59.8 Å². The maximum atomic E-state index is 5.94. The number of nitrogens with one attached hydrogen (secondary N) is 2. The third-order valence-corrected chi connectivity index (χ3v) is 4.90. The number of fused-ring (bicyclic) bond motifs is 1. The second-order valence-electron chi connectivity index (χ2n) is 5.98.